The quantitative estimate of drug-likeness (QED) is 0.246. The highest BCUT2D eigenvalue weighted by Crippen LogP contribution is 2.24. The average molecular weight is 533 g/mol. The zero-order valence-corrected chi connectivity index (χ0v) is 22.3. The first kappa shape index (κ1) is 28.5. The SMILES string of the molecule is CCOCCOc1ccc(C[C@@H](C)N(CC(O)c2cccc(Cl)c2)C[C@@H](O)c2cccc(Cl)c2)cc1. The average Bonchev–Trinajstić information content (AvgIpc) is 2.87. The molecule has 36 heavy (non-hydrogen) atoms. The number of halogens is 2. The second-order valence-corrected chi connectivity index (χ2v) is 9.71. The molecule has 3 aromatic rings. The summed E-state index contributed by atoms with van der Waals surface area (Å²) in [4.78, 5) is 2.10. The van der Waals surface area contributed by atoms with Crippen LogP contribution in [0.1, 0.15) is 42.7 Å². The molecule has 0 bridgehead atoms. The maximum atomic E-state index is 11.0. The van der Waals surface area contributed by atoms with E-state index in [1.165, 1.54) is 0 Å². The number of rotatable bonds is 14. The molecule has 0 saturated heterocycles. The van der Waals surface area contributed by atoms with Crippen LogP contribution in [-0.4, -0.2) is 54.1 Å². The van der Waals surface area contributed by atoms with E-state index in [2.05, 4.69) is 11.8 Å². The van der Waals surface area contributed by atoms with Crippen molar-refractivity contribution in [1.29, 1.82) is 0 Å². The molecule has 0 radical (unpaired) electrons. The number of nitrogens with zero attached hydrogens (tertiary/aromatic N) is 1. The van der Waals surface area contributed by atoms with Crippen molar-refractivity contribution in [2.24, 2.45) is 0 Å². The Kier molecular flexibility index (Phi) is 11.5. The molecule has 194 valence electrons. The summed E-state index contributed by atoms with van der Waals surface area (Å²) in [5.74, 6) is 0.802. The van der Waals surface area contributed by atoms with Crippen LogP contribution in [0.25, 0.3) is 0 Å². The van der Waals surface area contributed by atoms with E-state index in [-0.39, 0.29) is 6.04 Å². The van der Waals surface area contributed by atoms with E-state index in [0.717, 1.165) is 28.9 Å². The standard InChI is InChI=1S/C29H35Cl2NO4/c1-3-35-14-15-36-27-12-10-22(11-13-27)16-21(2)32(19-28(33)23-6-4-8-25(30)17-23)20-29(34)24-7-5-9-26(31)18-24/h4-13,17-18,21,28-29,33-34H,3,14-16,19-20H2,1-2H3/t21-,28-,29?/m1/s1. The summed E-state index contributed by atoms with van der Waals surface area (Å²) in [7, 11) is 0. The zero-order chi connectivity index (χ0) is 25.9. The largest absolute Gasteiger partial charge is 0.491 e. The van der Waals surface area contributed by atoms with E-state index in [9.17, 15) is 10.2 Å². The van der Waals surface area contributed by atoms with Gasteiger partial charge in [-0.3, -0.25) is 4.90 Å². The molecular formula is C29H35Cl2NO4. The van der Waals surface area contributed by atoms with Gasteiger partial charge in [-0.05, 0) is 73.4 Å². The van der Waals surface area contributed by atoms with Crippen LogP contribution in [0.5, 0.6) is 5.75 Å². The maximum Gasteiger partial charge on any atom is 0.119 e. The van der Waals surface area contributed by atoms with Crippen LogP contribution < -0.4 is 4.74 Å². The molecule has 5 nitrogen and oxygen atoms in total. The molecule has 0 fully saturated rings. The van der Waals surface area contributed by atoms with Gasteiger partial charge in [0.1, 0.15) is 12.4 Å². The predicted octanol–water partition coefficient (Wildman–Crippen LogP) is 6.11. The fourth-order valence-electron chi connectivity index (χ4n) is 4.07. The summed E-state index contributed by atoms with van der Waals surface area (Å²) < 4.78 is 11.0. The molecule has 0 aliphatic rings. The molecule has 0 heterocycles. The van der Waals surface area contributed by atoms with E-state index >= 15 is 0 Å². The van der Waals surface area contributed by atoms with Crippen LogP contribution in [0.3, 0.4) is 0 Å². The van der Waals surface area contributed by atoms with Gasteiger partial charge in [-0.25, -0.2) is 0 Å². The lowest BCUT2D eigenvalue weighted by Gasteiger charge is -2.33. The van der Waals surface area contributed by atoms with Crippen LogP contribution in [0.2, 0.25) is 10.0 Å². The Balaban J connectivity index is 1.70. The molecule has 7 heteroatoms. The van der Waals surface area contributed by atoms with Crippen LogP contribution in [0, 0.1) is 0 Å². The summed E-state index contributed by atoms with van der Waals surface area (Å²) in [5.41, 5.74) is 2.62. The van der Waals surface area contributed by atoms with Crippen molar-refractivity contribution in [1.82, 2.24) is 4.90 Å². The third-order valence-electron chi connectivity index (χ3n) is 6.06. The van der Waals surface area contributed by atoms with Crippen molar-refractivity contribution in [2.75, 3.05) is 32.9 Å². The Bertz CT molecular complexity index is 1010. The van der Waals surface area contributed by atoms with Crippen molar-refractivity contribution >= 4 is 23.2 Å². The van der Waals surface area contributed by atoms with Gasteiger partial charge in [0.05, 0.1) is 18.8 Å². The van der Waals surface area contributed by atoms with Gasteiger partial charge in [0, 0.05) is 35.8 Å². The van der Waals surface area contributed by atoms with Gasteiger partial charge < -0.3 is 19.7 Å². The van der Waals surface area contributed by atoms with Gasteiger partial charge in [0.25, 0.3) is 0 Å². The van der Waals surface area contributed by atoms with Crippen LogP contribution in [-0.2, 0) is 11.2 Å². The van der Waals surface area contributed by atoms with Gasteiger partial charge in [-0.1, -0.05) is 59.6 Å². The fraction of sp³-hybridized carbons (Fsp3) is 0.379. The first-order valence-corrected chi connectivity index (χ1v) is 13.0. The lowest BCUT2D eigenvalue weighted by Crippen LogP contribution is -2.40. The summed E-state index contributed by atoms with van der Waals surface area (Å²) in [6, 6.07) is 22.5. The Morgan fingerprint density at radius 1 is 0.806 bits per heavy atom. The monoisotopic (exact) mass is 531 g/mol. The highest BCUT2D eigenvalue weighted by Gasteiger charge is 2.23. The molecule has 3 rings (SSSR count). The van der Waals surface area contributed by atoms with E-state index in [0.29, 0.717) is 43.0 Å². The second kappa shape index (κ2) is 14.6. The molecule has 3 aromatic carbocycles. The van der Waals surface area contributed by atoms with Crippen molar-refractivity contribution in [3.8, 4) is 5.75 Å². The number of hydrogen-bond donors (Lipinski definition) is 2. The first-order valence-electron chi connectivity index (χ1n) is 12.3. The smallest absolute Gasteiger partial charge is 0.119 e. The normalized spacial score (nSPS) is 14.0. The van der Waals surface area contributed by atoms with Crippen LogP contribution in [0.4, 0.5) is 0 Å². The van der Waals surface area contributed by atoms with Crippen molar-refractivity contribution in [2.45, 2.75) is 38.5 Å². The molecule has 3 atom stereocenters. The highest BCUT2D eigenvalue weighted by atomic mass is 35.5. The van der Waals surface area contributed by atoms with Gasteiger partial charge in [0.15, 0.2) is 0 Å². The van der Waals surface area contributed by atoms with Crippen LogP contribution >= 0.6 is 23.2 Å². The van der Waals surface area contributed by atoms with Gasteiger partial charge in [-0.2, -0.15) is 0 Å². The molecule has 0 aliphatic heterocycles. The lowest BCUT2D eigenvalue weighted by atomic mass is 10.0. The fourth-order valence-corrected chi connectivity index (χ4v) is 4.47. The predicted molar refractivity (Wildman–Crippen MR) is 146 cm³/mol. The molecule has 1 unspecified atom stereocenters. The molecule has 2 N–H and O–H groups in total. The lowest BCUT2D eigenvalue weighted by molar-refractivity contribution is 0.0480. The number of benzene rings is 3. The van der Waals surface area contributed by atoms with Gasteiger partial charge in [-0.15, -0.1) is 0 Å². The first-order chi connectivity index (χ1) is 17.4. The van der Waals surface area contributed by atoms with Gasteiger partial charge >= 0.3 is 0 Å². The topological polar surface area (TPSA) is 62.2 Å². The Morgan fingerprint density at radius 3 is 1.86 bits per heavy atom. The Hall–Kier alpha value is -2.12. The molecular weight excluding hydrogens is 497 g/mol. The second-order valence-electron chi connectivity index (χ2n) is 8.84. The van der Waals surface area contributed by atoms with Crippen LogP contribution in [0.15, 0.2) is 72.8 Å². The summed E-state index contributed by atoms with van der Waals surface area (Å²) >= 11 is 12.3. The third-order valence-corrected chi connectivity index (χ3v) is 6.53. The highest BCUT2D eigenvalue weighted by molar-refractivity contribution is 6.30. The molecule has 0 spiro atoms. The van der Waals surface area contributed by atoms with E-state index in [4.69, 9.17) is 32.7 Å². The molecule has 0 aliphatic carbocycles. The van der Waals surface area contributed by atoms with Crippen molar-refractivity contribution in [3.05, 3.63) is 99.5 Å². The molecule has 0 amide bonds. The minimum atomic E-state index is -0.751. The third kappa shape index (κ3) is 9.07. The van der Waals surface area contributed by atoms with E-state index < -0.39 is 12.2 Å². The summed E-state index contributed by atoms with van der Waals surface area (Å²) in [5, 5.41) is 23.1. The number of hydrogen-bond acceptors (Lipinski definition) is 5. The Morgan fingerprint density at radius 2 is 1.36 bits per heavy atom. The summed E-state index contributed by atoms with van der Waals surface area (Å²) in [6.45, 7) is 6.50. The minimum absolute atomic E-state index is 0.0393. The van der Waals surface area contributed by atoms with Crippen molar-refractivity contribution in [3.63, 3.8) is 0 Å². The molecule has 0 aromatic heterocycles. The minimum Gasteiger partial charge on any atom is -0.491 e. The molecule has 0 saturated carbocycles. The number of ether oxygens (including phenoxy) is 2. The van der Waals surface area contributed by atoms with E-state index in [1.54, 1.807) is 24.3 Å². The number of aliphatic hydroxyl groups is 2. The number of aliphatic hydroxyl groups excluding tert-OH is 2. The zero-order valence-electron chi connectivity index (χ0n) is 20.8. The van der Waals surface area contributed by atoms with E-state index in [1.807, 2.05) is 55.5 Å². The summed E-state index contributed by atoms with van der Waals surface area (Å²) in [6.07, 6.45) is -0.762. The van der Waals surface area contributed by atoms with Gasteiger partial charge in [0.2, 0.25) is 0 Å². The van der Waals surface area contributed by atoms with Crippen molar-refractivity contribution < 1.29 is 19.7 Å². The maximum absolute atomic E-state index is 11.0. The Labute approximate surface area is 224 Å².